The molecule has 1 atom stereocenters. The summed E-state index contributed by atoms with van der Waals surface area (Å²) < 4.78 is 17.0. The maximum atomic E-state index is 12.9. The average Bonchev–Trinajstić information content (AvgIpc) is 3.47. The van der Waals surface area contributed by atoms with Gasteiger partial charge in [0.25, 0.3) is 0 Å². The minimum Gasteiger partial charge on any atom is -0.462 e. The van der Waals surface area contributed by atoms with Crippen molar-refractivity contribution in [3.8, 4) is 0 Å². The maximum absolute atomic E-state index is 12.9. The van der Waals surface area contributed by atoms with Gasteiger partial charge in [0.15, 0.2) is 6.10 Å². The first kappa shape index (κ1) is 76.8. The quantitative estimate of drug-likeness (QED) is 0.0261. The first-order chi connectivity index (χ1) is 40.0. The molecule has 1 unspecified atom stereocenters. The summed E-state index contributed by atoms with van der Waals surface area (Å²) in [4.78, 5) is 38.5. The van der Waals surface area contributed by atoms with E-state index < -0.39 is 6.10 Å². The van der Waals surface area contributed by atoms with Gasteiger partial charge in [-0.3, -0.25) is 14.4 Å². The van der Waals surface area contributed by atoms with Gasteiger partial charge in [0.05, 0.1) is 0 Å². The van der Waals surface area contributed by atoms with Gasteiger partial charge >= 0.3 is 17.9 Å². The number of hydrogen-bond donors (Lipinski definition) is 0. The third-order valence-electron chi connectivity index (χ3n) is 14.4. The van der Waals surface area contributed by atoms with Crippen LogP contribution in [0.15, 0.2) is 122 Å². The van der Waals surface area contributed by atoms with Crippen LogP contribution in [0.4, 0.5) is 0 Å². The third kappa shape index (κ3) is 66.5. The lowest BCUT2D eigenvalue weighted by atomic mass is 10.0. The van der Waals surface area contributed by atoms with Crippen LogP contribution in [0.3, 0.4) is 0 Å². The molecule has 0 aliphatic carbocycles. The highest BCUT2D eigenvalue weighted by atomic mass is 16.6. The fourth-order valence-corrected chi connectivity index (χ4v) is 9.33. The lowest BCUT2D eigenvalue weighted by Gasteiger charge is -2.18. The van der Waals surface area contributed by atoms with E-state index in [1.54, 1.807) is 0 Å². The fraction of sp³-hybridized carbons (Fsp3) is 0.693. The third-order valence-corrected chi connectivity index (χ3v) is 14.4. The summed E-state index contributed by atoms with van der Waals surface area (Å²) in [6.45, 7) is 6.48. The highest BCUT2D eigenvalue weighted by molar-refractivity contribution is 5.71. The van der Waals surface area contributed by atoms with Crippen molar-refractivity contribution in [1.29, 1.82) is 0 Å². The molecule has 0 aromatic carbocycles. The van der Waals surface area contributed by atoms with Gasteiger partial charge in [0, 0.05) is 19.3 Å². The SMILES string of the molecule is CC/C=C\C/C=C\C/C=C\C/C=C\CCCCCCCCCCCCCCC(=O)OCC(COC(=O)CCCCCCCC/C=C\C/C=C\C/C=C\CCCCC)OC(=O)CCCCCCCC/C=C\C/C=C\C/C=C\CCCCC. The van der Waals surface area contributed by atoms with Crippen LogP contribution in [0.25, 0.3) is 0 Å². The summed E-state index contributed by atoms with van der Waals surface area (Å²) in [5, 5.41) is 0. The molecule has 0 fully saturated rings. The Bertz CT molecular complexity index is 1670. The van der Waals surface area contributed by atoms with Gasteiger partial charge in [0.1, 0.15) is 13.2 Å². The van der Waals surface area contributed by atoms with Crippen molar-refractivity contribution < 1.29 is 28.6 Å². The second kappa shape index (κ2) is 68.3. The molecule has 0 amide bonds. The van der Waals surface area contributed by atoms with Gasteiger partial charge < -0.3 is 14.2 Å². The molecular weight excluding hydrogens is 997 g/mol. The van der Waals surface area contributed by atoms with Crippen LogP contribution >= 0.6 is 0 Å². The molecule has 462 valence electrons. The zero-order valence-corrected chi connectivity index (χ0v) is 53.0. The highest BCUT2D eigenvalue weighted by Gasteiger charge is 2.19. The summed E-state index contributed by atoms with van der Waals surface area (Å²) in [6, 6.07) is 0. The van der Waals surface area contributed by atoms with Gasteiger partial charge in [-0.25, -0.2) is 0 Å². The smallest absolute Gasteiger partial charge is 0.306 e. The Labute approximate surface area is 501 Å². The van der Waals surface area contributed by atoms with Gasteiger partial charge in [-0.15, -0.1) is 0 Å². The van der Waals surface area contributed by atoms with Crippen molar-refractivity contribution in [2.24, 2.45) is 0 Å². The minimum atomic E-state index is -0.797. The summed E-state index contributed by atoms with van der Waals surface area (Å²) in [5.74, 6) is -0.908. The van der Waals surface area contributed by atoms with E-state index >= 15 is 0 Å². The first-order valence-electron chi connectivity index (χ1n) is 34.0. The van der Waals surface area contributed by atoms with Crippen LogP contribution in [-0.2, 0) is 28.6 Å². The molecule has 0 saturated heterocycles. The van der Waals surface area contributed by atoms with Crippen LogP contribution < -0.4 is 0 Å². The van der Waals surface area contributed by atoms with Crippen LogP contribution in [0.2, 0.25) is 0 Å². The number of esters is 3. The Morgan fingerprint density at radius 3 is 0.753 bits per heavy atom. The summed E-state index contributed by atoms with van der Waals surface area (Å²) >= 11 is 0. The number of allylic oxidation sites excluding steroid dienone is 20. The van der Waals surface area contributed by atoms with Crippen molar-refractivity contribution in [3.05, 3.63) is 122 Å². The molecule has 0 aromatic heterocycles. The molecule has 0 radical (unpaired) electrons. The molecule has 6 nitrogen and oxygen atoms in total. The second-order valence-electron chi connectivity index (χ2n) is 22.3. The highest BCUT2D eigenvalue weighted by Crippen LogP contribution is 2.16. The zero-order valence-electron chi connectivity index (χ0n) is 53.0. The number of unbranched alkanes of at least 4 members (excludes halogenated alkanes) is 30. The van der Waals surface area contributed by atoms with Crippen LogP contribution in [-0.4, -0.2) is 37.2 Å². The summed E-state index contributed by atoms with van der Waals surface area (Å²) in [6.07, 6.45) is 94.8. The molecule has 0 spiro atoms. The number of carbonyl (C=O) groups excluding carboxylic acids is 3. The van der Waals surface area contributed by atoms with E-state index in [2.05, 4.69) is 142 Å². The van der Waals surface area contributed by atoms with E-state index in [4.69, 9.17) is 14.2 Å². The first-order valence-corrected chi connectivity index (χ1v) is 34.0. The second-order valence-corrected chi connectivity index (χ2v) is 22.3. The monoisotopic (exact) mass is 1120 g/mol. The minimum absolute atomic E-state index is 0.0901. The predicted octanol–water partition coefficient (Wildman–Crippen LogP) is 23.6. The fourth-order valence-electron chi connectivity index (χ4n) is 9.33. The molecule has 81 heavy (non-hydrogen) atoms. The Morgan fingerprint density at radius 1 is 0.259 bits per heavy atom. The Balaban J connectivity index is 4.41. The van der Waals surface area contributed by atoms with Crippen LogP contribution in [0.1, 0.15) is 316 Å². The van der Waals surface area contributed by atoms with Crippen molar-refractivity contribution in [1.82, 2.24) is 0 Å². The van der Waals surface area contributed by atoms with Crippen molar-refractivity contribution in [2.75, 3.05) is 13.2 Å². The van der Waals surface area contributed by atoms with Gasteiger partial charge in [-0.1, -0.05) is 284 Å². The molecule has 0 bridgehead atoms. The lowest BCUT2D eigenvalue weighted by molar-refractivity contribution is -0.167. The summed E-state index contributed by atoms with van der Waals surface area (Å²) in [5.41, 5.74) is 0. The van der Waals surface area contributed by atoms with E-state index in [1.807, 2.05) is 0 Å². The van der Waals surface area contributed by atoms with Gasteiger partial charge in [-0.05, 0) is 135 Å². The molecule has 0 rings (SSSR count). The van der Waals surface area contributed by atoms with Crippen molar-refractivity contribution in [2.45, 2.75) is 322 Å². The van der Waals surface area contributed by atoms with Gasteiger partial charge in [-0.2, -0.15) is 0 Å². The lowest BCUT2D eigenvalue weighted by Crippen LogP contribution is -2.30. The Hall–Kier alpha value is -4.19. The molecule has 0 heterocycles. The Morgan fingerprint density at radius 2 is 0.481 bits per heavy atom. The van der Waals surface area contributed by atoms with Crippen LogP contribution in [0, 0.1) is 0 Å². The molecule has 0 aromatic rings. The van der Waals surface area contributed by atoms with E-state index in [0.29, 0.717) is 19.3 Å². The summed E-state index contributed by atoms with van der Waals surface area (Å²) in [7, 11) is 0. The van der Waals surface area contributed by atoms with E-state index in [0.717, 1.165) is 128 Å². The molecule has 0 aliphatic heterocycles. The van der Waals surface area contributed by atoms with Crippen molar-refractivity contribution in [3.63, 3.8) is 0 Å². The Kier molecular flexibility index (Phi) is 64.8. The van der Waals surface area contributed by atoms with Crippen LogP contribution in [0.5, 0.6) is 0 Å². The van der Waals surface area contributed by atoms with Crippen molar-refractivity contribution >= 4 is 17.9 Å². The van der Waals surface area contributed by atoms with E-state index in [9.17, 15) is 14.4 Å². The van der Waals surface area contributed by atoms with E-state index in [-0.39, 0.29) is 31.1 Å². The predicted molar refractivity (Wildman–Crippen MR) is 353 cm³/mol. The maximum Gasteiger partial charge on any atom is 0.306 e. The normalized spacial score (nSPS) is 12.9. The largest absolute Gasteiger partial charge is 0.462 e. The molecule has 6 heteroatoms. The topological polar surface area (TPSA) is 78.9 Å². The number of ether oxygens (including phenoxy) is 3. The average molecular weight is 1120 g/mol. The number of hydrogen-bond acceptors (Lipinski definition) is 6. The molecule has 0 saturated carbocycles. The molecule has 0 aliphatic rings. The standard InChI is InChI=1S/C75H126O6/c1-4-7-10-13-16-19-22-25-28-31-34-35-36-37-38-39-42-44-47-50-53-56-59-62-65-68-74(77)80-71-72(81-75(78)69-66-63-60-57-54-51-48-45-41-33-30-27-24-21-18-15-12-9-6-3)70-79-73(76)67-64-61-58-55-52-49-46-43-40-32-29-26-23-20-17-14-11-8-5-2/h7,10,16-21,25-30,34-35,40-41,43,45,72H,4-6,8-9,11-15,22-24,31-33,36-39,42,44,46-71H2,1-3H3/b10-7-,19-16-,20-17-,21-18-,28-25-,29-26-,30-27-,35-34-,43-40-,45-41-. The van der Waals surface area contributed by atoms with Gasteiger partial charge in [0.2, 0.25) is 0 Å². The zero-order chi connectivity index (χ0) is 58.5. The van der Waals surface area contributed by atoms with E-state index in [1.165, 1.54) is 148 Å². The number of rotatable bonds is 61. The molecular formula is C75H126O6. The number of carbonyl (C=O) groups is 3. The molecule has 0 N–H and O–H groups in total.